The second-order valence-corrected chi connectivity index (χ2v) is 8.20. The van der Waals surface area contributed by atoms with Crippen LogP contribution in [0.25, 0.3) is 11.1 Å². The topological polar surface area (TPSA) is 87.7 Å². The number of hydrogen-bond donors (Lipinski definition) is 2. The van der Waals surface area contributed by atoms with E-state index in [0.717, 1.165) is 11.1 Å². The number of thioether (sulfide) groups is 1. The maximum Gasteiger partial charge on any atom is 0.256 e. The summed E-state index contributed by atoms with van der Waals surface area (Å²) in [7, 11) is 1.44. The van der Waals surface area contributed by atoms with Crippen molar-refractivity contribution in [2.45, 2.75) is 23.4 Å². The van der Waals surface area contributed by atoms with Gasteiger partial charge >= 0.3 is 0 Å². The van der Waals surface area contributed by atoms with Crippen LogP contribution in [0.3, 0.4) is 0 Å². The highest BCUT2D eigenvalue weighted by molar-refractivity contribution is 7.98. The van der Waals surface area contributed by atoms with E-state index in [-0.39, 0.29) is 24.3 Å². The minimum Gasteiger partial charge on any atom is -0.375 e. The van der Waals surface area contributed by atoms with Crippen molar-refractivity contribution in [2.75, 3.05) is 31.8 Å². The normalized spacial score (nSPS) is 20.3. The van der Waals surface area contributed by atoms with Crippen LogP contribution in [0, 0.1) is 0 Å². The molecule has 1 fully saturated rings. The van der Waals surface area contributed by atoms with E-state index in [1.165, 1.54) is 12.0 Å². The van der Waals surface area contributed by atoms with Gasteiger partial charge in [-0.05, 0) is 48.1 Å². The quantitative estimate of drug-likeness (QED) is 0.718. The maximum atomic E-state index is 13.3. The Bertz CT molecular complexity index is 992. The van der Waals surface area contributed by atoms with Gasteiger partial charge in [0.15, 0.2) is 0 Å². The molecule has 1 saturated heterocycles. The number of carbonyl (C=O) groups is 3. The Morgan fingerprint density at radius 3 is 2.63 bits per heavy atom. The monoisotopic (exact) mass is 425 g/mol. The standard InChI is InChI=1S/C22H23N3O4S/c1-29-12-19(26)23-18-9-10-25-20(18)21(27)24-17-8-5-14(11-16(17)22(25)28)13-3-6-15(30-2)7-4-13/h3-8,11,18,20H,9-10,12H2,1-2H3,(H,23,26)(H,24,27). The molecule has 30 heavy (non-hydrogen) atoms. The Hall–Kier alpha value is -2.84. The molecule has 0 aromatic heterocycles. The number of carbonyl (C=O) groups excluding carboxylic acids is 3. The number of rotatable bonds is 5. The van der Waals surface area contributed by atoms with Gasteiger partial charge in [0.05, 0.1) is 17.3 Å². The van der Waals surface area contributed by atoms with Crippen LogP contribution in [0.1, 0.15) is 16.8 Å². The van der Waals surface area contributed by atoms with Gasteiger partial charge in [0, 0.05) is 18.6 Å². The highest BCUT2D eigenvalue weighted by atomic mass is 32.2. The van der Waals surface area contributed by atoms with E-state index in [9.17, 15) is 14.4 Å². The van der Waals surface area contributed by atoms with Crippen LogP contribution < -0.4 is 10.6 Å². The average molecular weight is 426 g/mol. The van der Waals surface area contributed by atoms with Crippen LogP contribution in [0.5, 0.6) is 0 Å². The lowest BCUT2D eigenvalue weighted by Crippen LogP contribution is -2.52. The zero-order chi connectivity index (χ0) is 21.3. The fraction of sp³-hybridized carbons (Fsp3) is 0.318. The number of hydrogen-bond acceptors (Lipinski definition) is 5. The predicted octanol–water partition coefficient (Wildman–Crippen LogP) is 2.37. The molecule has 3 amide bonds. The summed E-state index contributed by atoms with van der Waals surface area (Å²) in [5.74, 6) is -0.804. The molecule has 2 aromatic rings. The molecule has 0 saturated carbocycles. The molecular weight excluding hydrogens is 402 g/mol. The summed E-state index contributed by atoms with van der Waals surface area (Å²) in [5, 5.41) is 5.68. The lowest BCUT2D eigenvalue weighted by atomic mass is 10.0. The molecule has 2 aromatic carbocycles. The first-order valence-corrected chi connectivity index (χ1v) is 10.9. The van der Waals surface area contributed by atoms with Crippen molar-refractivity contribution in [3.8, 4) is 11.1 Å². The third kappa shape index (κ3) is 3.80. The number of methoxy groups -OCH3 is 1. The first-order valence-electron chi connectivity index (χ1n) is 9.70. The van der Waals surface area contributed by atoms with Crippen molar-refractivity contribution >= 4 is 35.2 Å². The van der Waals surface area contributed by atoms with Crippen LogP contribution >= 0.6 is 11.8 Å². The first kappa shape index (κ1) is 20.4. The van der Waals surface area contributed by atoms with Crippen LogP contribution in [-0.4, -0.2) is 61.2 Å². The largest absolute Gasteiger partial charge is 0.375 e. The molecular formula is C22H23N3O4S. The molecule has 7 nitrogen and oxygen atoms in total. The summed E-state index contributed by atoms with van der Waals surface area (Å²) in [6, 6.07) is 12.4. The molecule has 0 spiro atoms. The SMILES string of the molecule is COCC(=O)NC1CCN2C(=O)c3cc(-c4ccc(SC)cc4)ccc3NC(=O)C12. The molecule has 0 radical (unpaired) electrons. The van der Waals surface area contributed by atoms with Crippen LogP contribution in [0.2, 0.25) is 0 Å². The van der Waals surface area contributed by atoms with E-state index in [1.807, 2.05) is 42.7 Å². The second-order valence-electron chi connectivity index (χ2n) is 7.32. The third-order valence-electron chi connectivity index (χ3n) is 5.48. The Morgan fingerprint density at radius 2 is 1.93 bits per heavy atom. The molecule has 0 bridgehead atoms. The number of ether oxygens (including phenoxy) is 1. The molecule has 2 aliphatic rings. The van der Waals surface area contributed by atoms with Crippen molar-refractivity contribution in [3.05, 3.63) is 48.0 Å². The summed E-state index contributed by atoms with van der Waals surface area (Å²) in [4.78, 5) is 40.8. The minimum absolute atomic E-state index is 0.0856. The Kier molecular flexibility index (Phi) is 5.78. The third-order valence-corrected chi connectivity index (χ3v) is 6.22. The minimum atomic E-state index is -0.741. The van der Waals surface area contributed by atoms with Gasteiger partial charge in [-0.2, -0.15) is 0 Å². The van der Waals surface area contributed by atoms with Crippen LogP contribution in [0.4, 0.5) is 5.69 Å². The van der Waals surface area contributed by atoms with Crippen molar-refractivity contribution < 1.29 is 19.1 Å². The van der Waals surface area contributed by atoms with E-state index < -0.39 is 12.1 Å². The van der Waals surface area contributed by atoms with Crippen molar-refractivity contribution in [1.29, 1.82) is 0 Å². The maximum absolute atomic E-state index is 13.3. The van der Waals surface area contributed by atoms with E-state index in [1.54, 1.807) is 22.7 Å². The molecule has 2 unspecified atom stereocenters. The van der Waals surface area contributed by atoms with Gasteiger partial charge in [0.25, 0.3) is 5.91 Å². The van der Waals surface area contributed by atoms with Gasteiger partial charge in [0.1, 0.15) is 12.6 Å². The van der Waals surface area contributed by atoms with Crippen molar-refractivity contribution in [2.24, 2.45) is 0 Å². The zero-order valence-corrected chi connectivity index (χ0v) is 17.6. The summed E-state index contributed by atoms with van der Waals surface area (Å²) in [6.07, 6.45) is 2.54. The average Bonchev–Trinajstić information content (AvgIpc) is 3.13. The molecule has 2 atom stereocenters. The van der Waals surface area contributed by atoms with Gasteiger partial charge in [-0.3, -0.25) is 14.4 Å². The lowest BCUT2D eigenvalue weighted by Gasteiger charge is -2.24. The van der Waals surface area contributed by atoms with Crippen molar-refractivity contribution in [1.82, 2.24) is 10.2 Å². The summed E-state index contributed by atoms with van der Waals surface area (Å²) in [6.45, 7) is 0.318. The Balaban J connectivity index is 1.63. The fourth-order valence-electron chi connectivity index (χ4n) is 4.03. The molecule has 2 aliphatic heterocycles. The fourth-order valence-corrected chi connectivity index (χ4v) is 4.44. The summed E-state index contributed by atoms with van der Waals surface area (Å²) >= 11 is 1.67. The van der Waals surface area contributed by atoms with Gasteiger partial charge in [-0.25, -0.2) is 0 Å². The molecule has 8 heteroatoms. The highest BCUT2D eigenvalue weighted by Crippen LogP contribution is 2.32. The lowest BCUT2D eigenvalue weighted by molar-refractivity contribution is -0.126. The number of anilines is 1. The van der Waals surface area contributed by atoms with E-state index in [0.29, 0.717) is 24.2 Å². The molecule has 2 N–H and O–H groups in total. The van der Waals surface area contributed by atoms with Gasteiger partial charge in [0.2, 0.25) is 11.8 Å². The van der Waals surface area contributed by atoms with Crippen LogP contribution in [0.15, 0.2) is 47.4 Å². The smallest absolute Gasteiger partial charge is 0.256 e. The van der Waals surface area contributed by atoms with Gasteiger partial charge in [-0.1, -0.05) is 18.2 Å². The zero-order valence-electron chi connectivity index (χ0n) is 16.8. The number of amides is 3. The number of nitrogens with one attached hydrogen (secondary N) is 2. The summed E-state index contributed by atoms with van der Waals surface area (Å²) in [5.41, 5.74) is 2.86. The highest BCUT2D eigenvalue weighted by Gasteiger charge is 2.45. The van der Waals surface area contributed by atoms with E-state index in [2.05, 4.69) is 10.6 Å². The van der Waals surface area contributed by atoms with Gasteiger partial charge < -0.3 is 20.3 Å². The van der Waals surface area contributed by atoms with E-state index in [4.69, 9.17) is 4.74 Å². The number of benzene rings is 2. The Morgan fingerprint density at radius 1 is 1.20 bits per heavy atom. The van der Waals surface area contributed by atoms with Gasteiger partial charge in [-0.15, -0.1) is 11.8 Å². The number of fused-ring (bicyclic) bond motifs is 2. The molecule has 4 rings (SSSR count). The molecule has 156 valence electrons. The van der Waals surface area contributed by atoms with Crippen LogP contribution in [-0.2, 0) is 14.3 Å². The molecule has 0 aliphatic carbocycles. The Labute approximate surface area is 179 Å². The summed E-state index contributed by atoms with van der Waals surface area (Å²) < 4.78 is 4.85. The second kappa shape index (κ2) is 8.49. The van der Waals surface area contributed by atoms with Crippen molar-refractivity contribution in [3.63, 3.8) is 0 Å². The number of nitrogens with zero attached hydrogens (tertiary/aromatic N) is 1. The predicted molar refractivity (Wildman–Crippen MR) is 116 cm³/mol. The first-order chi connectivity index (χ1) is 14.5. The van der Waals surface area contributed by atoms with E-state index >= 15 is 0 Å². The molecule has 2 heterocycles.